The number of rotatable bonds is 3. The Morgan fingerprint density at radius 3 is 3.23 bits per heavy atom. The molecule has 1 saturated heterocycles. The molecular formula is C10H17N3. The summed E-state index contributed by atoms with van der Waals surface area (Å²) in [6.07, 6.45) is 7.86. The lowest BCUT2D eigenvalue weighted by molar-refractivity contribution is 0.336. The lowest BCUT2D eigenvalue weighted by Crippen LogP contribution is -2.30. The average Bonchev–Trinajstić information content (AvgIpc) is 2.69. The van der Waals surface area contributed by atoms with E-state index < -0.39 is 0 Å². The van der Waals surface area contributed by atoms with Gasteiger partial charge in [0.15, 0.2) is 0 Å². The quantitative estimate of drug-likeness (QED) is 0.757. The Hall–Kier alpha value is -0.830. The van der Waals surface area contributed by atoms with Gasteiger partial charge in [-0.3, -0.25) is 4.68 Å². The van der Waals surface area contributed by atoms with Crippen LogP contribution in [0, 0.1) is 5.92 Å². The van der Waals surface area contributed by atoms with Gasteiger partial charge in [-0.2, -0.15) is 5.10 Å². The molecule has 1 N–H and O–H groups in total. The zero-order valence-corrected chi connectivity index (χ0v) is 7.95. The largest absolute Gasteiger partial charge is 0.316 e. The van der Waals surface area contributed by atoms with Crippen LogP contribution in [0.2, 0.25) is 0 Å². The number of hydrogen-bond acceptors (Lipinski definition) is 2. The molecule has 1 fully saturated rings. The van der Waals surface area contributed by atoms with E-state index in [1.165, 1.54) is 32.4 Å². The van der Waals surface area contributed by atoms with Gasteiger partial charge in [-0.1, -0.05) is 0 Å². The summed E-state index contributed by atoms with van der Waals surface area (Å²) in [6, 6.07) is 1.99. The number of piperidine rings is 1. The predicted octanol–water partition coefficient (Wildman–Crippen LogP) is 1.27. The summed E-state index contributed by atoms with van der Waals surface area (Å²) in [5.74, 6) is 0.859. The number of nitrogens with zero attached hydrogens (tertiary/aromatic N) is 2. The average molecular weight is 179 g/mol. The van der Waals surface area contributed by atoms with E-state index in [1.54, 1.807) is 0 Å². The summed E-state index contributed by atoms with van der Waals surface area (Å²) in [5, 5.41) is 7.63. The van der Waals surface area contributed by atoms with Crippen molar-refractivity contribution < 1.29 is 0 Å². The maximum absolute atomic E-state index is 4.20. The zero-order chi connectivity index (χ0) is 8.93. The van der Waals surface area contributed by atoms with Crippen molar-refractivity contribution in [3.63, 3.8) is 0 Å². The summed E-state index contributed by atoms with van der Waals surface area (Å²) in [4.78, 5) is 0. The van der Waals surface area contributed by atoms with Crippen molar-refractivity contribution in [3.05, 3.63) is 18.5 Å². The maximum Gasteiger partial charge on any atom is 0.0489 e. The Morgan fingerprint density at radius 2 is 2.54 bits per heavy atom. The first-order valence-corrected chi connectivity index (χ1v) is 5.13. The minimum atomic E-state index is 0.859. The van der Waals surface area contributed by atoms with Crippen LogP contribution in [0.4, 0.5) is 0 Å². The second-order valence-corrected chi connectivity index (χ2v) is 3.77. The molecule has 0 saturated carbocycles. The summed E-state index contributed by atoms with van der Waals surface area (Å²) in [6.45, 7) is 3.47. The number of aromatic nitrogens is 2. The van der Waals surface area contributed by atoms with Gasteiger partial charge in [-0.25, -0.2) is 0 Å². The molecule has 0 aromatic carbocycles. The molecule has 0 radical (unpaired) electrons. The van der Waals surface area contributed by atoms with Crippen LogP contribution in [0.15, 0.2) is 18.5 Å². The predicted molar refractivity (Wildman–Crippen MR) is 52.4 cm³/mol. The summed E-state index contributed by atoms with van der Waals surface area (Å²) < 4.78 is 2.02. The summed E-state index contributed by atoms with van der Waals surface area (Å²) >= 11 is 0. The SMILES string of the molecule is c1cnn(CCC2CCCNC2)c1. The van der Waals surface area contributed by atoms with Crippen LogP contribution in [0.25, 0.3) is 0 Å². The summed E-state index contributed by atoms with van der Waals surface area (Å²) in [5.41, 5.74) is 0. The first-order valence-electron chi connectivity index (χ1n) is 5.13. The van der Waals surface area contributed by atoms with Crippen molar-refractivity contribution in [2.45, 2.75) is 25.8 Å². The van der Waals surface area contributed by atoms with E-state index in [9.17, 15) is 0 Å². The third-order valence-corrected chi connectivity index (χ3v) is 2.72. The van der Waals surface area contributed by atoms with E-state index in [0.29, 0.717) is 0 Å². The van der Waals surface area contributed by atoms with Gasteiger partial charge in [-0.15, -0.1) is 0 Å². The molecule has 1 unspecified atom stereocenters. The van der Waals surface area contributed by atoms with Crippen molar-refractivity contribution in [1.82, 2.24) is 15.1 Å². The van der Waals surface area contributed by atoms with E-state index >= 15 is 0 Å². The smallest absolute Gasteiger partial charge is 0.0489 e. The molecular weight excluding hydrogens is 162 g/mol. The monoisotopic (exact) mass is 179 g/mol. The van der Waals surface area contributed by atoms with Gasteiger partial charge in [0.1, 0.15) is 0 Å². The number of nitrogens with one attached hydrogen (secondary N) is 1. The molecule has 3 nitrogen and oxygen atoms in total. The molecule has 0 aliphatic carbocycles. The Labute approximate surface area is 79.1 Å². The second-order valence-electron chi connectivity index (χ2n) is 3.77. The van der Waals surface area contributed by atoms with Crippen LogP contribution in [0.5, 0.6) is 0 Å². The minimum absolute atomic E-state index is 0.859. The molecule has 72 valence electrons. The van der Waals surface area contributed by atoms with Crippen LogP contribution in [0.3, 0.4) is 0 Å². The first-order chi connectivity index (χ1) is 6.45. The lowest BCUT2D eigenvalue weighted by Gasteiger charge is -2.22. The van der Waals surface area contributed by atoms with Crippen LogP contribution < -0.4 is 5.32 Å². The number of hydrogen-bond donors (Lipinski definition) is 1. The summed E-state index contributed by atoms with van der Waals surface area (Å²) in [7, 11) is 0. The third-order valence-electron chi connectivity index (χ3n) is 2.72. The van der Waals surface area contributed by atoms with Crippen LogP contribution in [-0.4, -0.2) is 22.9 Å². The molecule has 3 heteroatoms. The molecule has 0 spiro atoms. The Morgan fingerprint density at radius 1 is 1.54 bits per heavy atom. The van der Waals surface area contributed by atoms with Gasteiger partial charge >= 0.3 is 0 Å². The zero-order valence-electron chi connectivity index (χ0n) is 7.95. The van der Waals surface area contributed by atoms with Gasteiger partial charge in [0.2, 0.25) is 0 Å². The first kappa shape index (κ1) is 8.75. The lowest BCUT2D eigenvalue weighted by atomic mass is 9.96. The van der Waals surface area contributed by atoms with Crippen LogP contribution in [0.1, 0.15) is 19.3 Å². The van der Waals surface area contributed by atoms with Crippen LogP contribution >= 0.6 is 0 Å². The fourth-order valence-corrected chi connectivity index (χ4v) is 1.92. The molecule has 1 aromatic rings. The highest BCUT2D eigenvalue weighted by molar-refractivity contribution is 4.78. The van der Waals surface area contributed by atoms with Crippen molar-refractivity contribution in [1.29, 1.82) is 0 Å². The molecule has 0 amide bonds. The normalized spacial score (nSPS) is 23.2. The maximum atomic E-state index is 4.20. The third kappa shape index (κ3) is 2.56. The Kier molecular flexibility index (Phi) is 2.98. The molecule has 0 bridgehead atoms. The standard InChI is InChI=1S/C10H17N3/c1-3-10(9-11-5-1)4-8-13-7-2-6-12-13/h2,6-7,10-11H,1,3-5,8-9H2. The molecule has 1 aliphatic heterocycles. The van der Waals surface area contributed by atoms with E-state index in [0.717, 1.165) is 12.5 Å². The van der Waals surface area contributed by atoms with Crippen LogP contribution in [-0.2, 0) is 6.54 Å². The fraction of sp³-hybridized carbons (Fsp3) is 0.700. The van der Waals surface area contributed by atoms with Gasteiger partial charge in [0.25, 0.3) is 0 Å². The van der Waals surface area contributed by atoms with Crippen molar-refractivity contribution in [3.8, 4) is 0 Å². The van der Waals surface area contributed by atoms with Gasteiger partial charge in [-0.05, 0) is 44.3 Å². The molecule has 2 heterocycles. The van der Waals surface area contributed by atoms with Crippen molar-refractivity contribution in [2.24, 2.45) is 5.92 Å². The van der Waals surface area contributed by atoms with Gasteiger partial charge in [0, 0.05) is 18.9 Å². The Balaban J connectivity index is 1.72. The molecule has 13 heavy (non-hydrogen) atoms. The molecule has 1 aliphatic rings. The van der Waals surface area contributed by atoms with Crippen molar-refractivity contribution >= 4 is 0 Å². The highest BCUT2D eigenvalue weighted by atomic mass is 15.3. The molecule has 2 rings (SSSR count). The number of aryl methyl sites for hydroxylation is 1. The highest BCUT2D eigenvalue weighted by Gasteiger charge is 2.12. The van der Waals surface area contributed by atoms with Crippen molar-refractivity contribution in [2.75, 3.05) is 13.1 Å². The van der Waals surface area contributed by atoms with E-state index in [4.69, 9.17) is 0 Å². The van der Waals surface area contributed by atoms with E-state index in [1.807, 2.05) is 23.1 Å². The van der Waals surface area contributed by atoms with Gasteiger partial charge < -0.3 is 5.32 Å². The van der Waals surface area contributed by atoms with E-state index in [2.05, 4.69) is 10.4 Å². The topological polar surface area (TPSA) is 29.9 Å². The van der Waals surface area contributed by atoms with Gasteiger partial charge in [0.05, 0.1) is 0 Å². The fourth-order valence-electron chi connectivity index (χ4n) is 1.92. The van der Waals surface area contributed by atoms with E-state index in [-0.39, 0.29) is 0 Å². The molecule has 1 atom stereocenters. The highest BCUT2D eigenvalue weighted by Crippen LogP contribution is 2.14. The molecule has 1 aromatic heterocycles. The second kappa shape index (κ2) is 4.42. The Bertz CT molecular complexity index is 224. The minimum Gasteiger partial charge on any atom is -0.316 e.